The van der Waals surface area contributed by atoms with Crippen LogP contribution in [0.15, 0.2) is 48.5 Å². The van der Waals surface area contributed by atoms with Gasteiger partial charge in [0.15, 0.2) is 5.78 Å². The zero-order chi connectivity index (χ0) is 25.0. The molecule has 4 rings (SSSR count). The number of carbonyl (C=O) groups excluding carboxylic acids is 1. The Hall–Kier alpha value is -3.03. The van der Waals surface area contributed by atoms with Gasteiger partial charge in [0.05, 0.1) is 29.6 Å². The van der Waals surface area contributed by atoms with Crippen molar-refractivity contribution in [3.63, 3.8) is 0 Å². The first-order valence-corrected chi connectivity index (χ1v) is 12.4. The molecule has 0 atom stereocenters. The molecule has 186 valence electrons. The van der Waals surface area contributed by atoms with E-state index in [1.165, 1.54) is 0 Å². The second kappa shape index (κ2) is 10.7. The second-order valence-electron chi connectivity index (χ2n) is 9.76. The van der Waals surface area contributed by atoms with Crippen molar-refractivity contribution in [1.29, 1.82) is 0 Å². The summed E-state index contributed by atoms with van der Waals surface area (Å²) in [7, 11) is 0. The Morgan fingerprint density at radius 1 is 1.09 bits per heavy atom. The van der Waals surface area contributed by atoms with Gasteiger partial charge in [0.2, 0.25) is 0 Å². The molecule has 0 aliphatic carbocycles. The van der Waals surface area contributed by atoms with E-state index in [4.69, 9.17) is 9.72 Å². The third kappa shape index (κ3) is 5.31. The fraction of sp³-hybridized carbons (Fsp3) is 0.464. The number of carboxylic acids is 1. The number of nitrogens with zero attached hydrogens (tertiary/aromatic N) is 3. The summed E-state index contributed by atoms with van der Waals surface area (Å²) < 4.78 is 7.91. The van der Waals surface area contributed by atoms with Crippen molar-refractivity contribution in [3.05, 3.63) is 65.5 Å². The number of carboxylic acid groups (broad SMARTS) is 1. The molecule has 7 heteroatoms. The van der Waals surface area contributed by atoms with Crippen molar-refractivity contribution in [1.82, 2.24) is 14.5 Å². The van der Waals surface area contributed by atoms with Crippen molar-refractivity contribution in [2.24, 2.45) is 0 Å². The number of aromatic nitrogens is 2. The summed E-state index contributed by atoms with van der Waals surface area (Å²) in [6.07, 6.45) is 1.85. The molecule has 1 aliphatic rings. The fourth-order valence-corrected chi connectivity index (χ4v) is 4.96. The summed E-state index contributed by atoms with van der Waals surface area (Å²) in [4.78, 5) is 32.1. The highest BCUT2D eigenvalue weighted by Crippen LogP contribution is 2.31. The number of rotatable bonds is 10. The van der Waals surface area contributed by atoms with E-state index in [0.29, 0.717) is 36.8 Å². The molecule has 2 aromatic carbocycles. The number of hydrogen-bond donors (Lipinski definition) is 1. The average Bonchev–Trinajstić information content (AvgIpc) is 3.23. The predicted molar refractivity (Wildman–Crippen MR) is 136 cm³/mol. The monoisotopic (exact) mass is 477 g/mol. The van der Waals surface area contributed by atoms with Crippen molar-refractivity contribution in [2.75, 3.05) is 32.8 Å². The molecule has 1 N–H and O–H groups in total. The first-order valence-electron chi connectivity index (χ1n) is 12.4. The van der Waals surface area contributed by atoms with E-state index in [1.807, 2.05) is 19.1 Å². The van der Waals surface area contributed by atoms with E-state index in [1.54, 1.807) is 38.1 Å². The minimum absolute atomic E-state index is 0.0303. The number of Topliss-reactive ketones (excluding diaryl/α,β-unsaturated/α-hetero) is 1. The number of aliphatic carboxylic acids is 1. The number of imidazole rings is 1. The molecule has 0 amide bonds. The molecule has 1 fully saturated rings. The topological polar surface area (TPSA) is 84.7 Å². The van der Waals surface area contributed by atoms with Crippen molar-refractivity contribution in [3.8, 4) is 0 Å². The number of fused-ring (bicyclic) bond motifs is 1. The number of hydrogen-bond acceptors (Lipinski definition) is 5. The average molecular weight is 478 g/mol. The lowest BCUT2D eigenvalue weighted by Crippen LogP contribution is -2.38. The molecule has 1 aromatic heterocycles. The third-order valence-corrected chi connectivity index (χ3v) is 7.10. The van der Waals surface area contributed by atoms with Crippen LogP contribution < -0.4 is 0 Å². The standard InChI is InChI=1S/C28H35N3O4/c1-4-35-18-17-31-24-12-8-7-11-23(24)29-26(31)20-13-15-30(16-14-20)19-25(32)21-9-5-6-10-22(21)28(2,3)27(33)34/h5-12,20H,4,13-19H2,1-3H3,(H,33,34). The highest BCUT2D eigenvalue weighted by atomic mass is 16.5. The van der Waals surface area contributed by atoms with Gasteiger partial charge in [0.25, 0.3) is 0 Å². The minimum atomic E-state index is -1.13. The van der Waals surface area contributed by atoms with Crippen LogP contribution in [0.1, 0.15) is 61.3 Å². The van der Waals surface area contributed by atoms with Crippen LogP contribution in [0.4, 0.5) is 0 Å². The van der Waals surface area contributed by atoms with Crippen LogP contribution in [0.2, 0.25) is 0 Å². The van der Waals surface area contributed by atoms with Gasteiger partial charge in [-0.25, -0.2) is 4.98 Å². The molecule has 1 aliphatic heterocycles. The molecular weight excluding hydrogens is 442 g/mol. The summed E-state index contributed by atoms with van der Waals surface area (Å²) in [5.41, 5.74) is 2.08. The Morgan fingerprint density at radius 3 is 2.49 bits per heavy atom. The van der Waals surface area contributed by atoms with Crippen LogP contribution >= 0.6 is 0 Å². The van der Waals surface area contributed by atoms with E-state index in [9.17, 15) is 14.7 Å². The number of para-hydroxylation sites is 2. The first kappa shape index (κ1) is 25.1. The molecule has 1 saturated heterocycles. The van der Waals surface area contributed by atoms with Crippen molar-refractivity contribution >= 4 is 22.8 Å². The maximum Gasteiger partial charge on any atom is 0.313 e. The highest BCUT2D eigenvalue weighted by Gasteiger charge is 2.34. The summed E-state index contributed by atoms with van der Waals surface area (Å²) >= 11 is 0. The summed E-state index contributed by atoms with van der Waals surface area (Å²) in [6, 6.07) is 15.3. The molecule has 3 aromatic rings. The maximum absolute atomic E-state index is 13.2. The Bertz CT molecular complexity index is 1190. The molecule has 7 nitrogen and oxygen atoms in total. The predicted octanol–water partition coefficient (Wildman–Crippen LogP) is 4.50. The van der Waals surface area contributed by atoms with Gasteiger partial charge in [0.1, 0.15) is 5.82 Å². The smallest absolute Gasteiger partial charge is 0.313 e. The normalized spacial score (nSPS) is 15.5. The molecule has 2 heterocycles. The second-order valence-corrected chi connectivity index (χ2v) is 9.76. The molecular formula is C28H35N3O4. The molecule has 0 saturated carbocycles. The molecule has 35 heavy (non-hydrogen) atoms. The van der Waals surface area contributed by atoms with E-state index < -0.39 is 11.4 Å². The minimum Gasteiger partial charge on any atom is -0.481 e. The van der Waals surface area contributed by atoms with Gasteiger partial charge in [-0.1, -0.05) is 36.4 Å². The van der Waals surface area contributed by atoms with E-state index >= 15 is 0 Å². The van der Waals surface area contributed by atoms with Crippen LogP contribution in [-0.2, 0) is 21.5 Å². The Labute approximate surface area is 206 Å². The third-order valence-electron chi connectivity index (χ3n) is 7.10. The van der Waals surface area contributed by atoms with Crippen molar-refractivity contribution in [2.45, 2.75) is 51.5 Å². The summed E-state index contributed by atoms with van der Waals surface area (Å²) in [5.74, 6) is 0.460. The van der Waals surface area contributed by atoms with Crippen LogP contribution in [0.3, 0.4) is 0 Å². The lowest BCUT2D eigenvalue weighted by molar-refractivity contribution is -0.142. The zero-order valence-electron chi connectivity index (χ0n) is 20.9. The summed E-state index contributed by atoms with van der Waals surface area (Å²) in [5, 5.41) is 9.67. The number of piperidine rings is 1. The Kier molecular flexibility index (Phi) is 7.67. The molecule has 0 spiro atoms. The van der Waals surface area contributed by atoms with Gasteiger partial charge in [-0.3, -0.25) is 14.5 Å². The quantitative estimate of drug-likeness (QED) is 0.342. The maximum atomic E-state index is 13.2. The van der Waals surface area contributed by atoms with Gasteiger partial charge in [-0.15, -0.1) is 0 Å². The summed E-state index contributed by atoms with van der Waals surface area (Å²) in [6.45, 7) is 9.31. The van der Waals surface area contributed by atoms with Crippen LogP contribution in [-0.4, -0.2) is 64.2 Å². The largest absolute Gasteiger partial charge is 0.481 e. The van der Waals surface area contributed by atoms with Crippen LogP contribution in [0, 0.1) is 0 Å². The molecule has 0 bridgehead atoms. The van der Waals surface area contributed by atoms with Crippen LogP contribution in [0.5, 0.6) is 0 Å². The van der Waals surface area contributed by atoms with E-state index in [2.05, 4.69) is 21.6 Å². The number of ketones is 1. The molecule has 0 radical (unpaired) electrons. The van der Waals surface area contributed by atoms with E-state index in [-0.39, 0.29) is 5.78 Å². The van der Waals surface area contributed by atoms with Gasteiger partial charge in [-0.05, 0) is 64.4 Å². The number of benzene rings is 2. The van der Waals surface area contributed by atoms with Crippen LogP contribution in [0.25, 0.3) is 11.0 Å². The van der Waals surface area contributed by atoms with Crippen molar-refractivity contribution < 1.29 is 19.4 Å². The number of carbonyl (C=O) groups is 2. The fourth-order valence-electron chi connectivity index (χ4n) is 4.96. The number of ether oxygens (including phenoxy) is 1. The lowest BCUT2D eigenvalue weighted by Gasteiger charge is -2.32. The van der Waals surface area contributed by atoms with E-state index in [0.717, 1.165) is 49.3 Å². The highest BCUT2D eigenvalue weighted by molar-refractivity contribution is 6.01. The van der Waals surface area contributed by atoms with Gasteiger partial charge in [0, 0.05) is 24.6 Å². The number of likely N-dealkylation sites (tertiary alicyclic amines) is 1. The Morgan fingerprint density at radius 2 is 1.77 bits per heavy atom. The molecule has 0 unspecified atom stereocenters. The first-order chi connectivity index (χ1) is 16.8. The van der Waals surface area contributed by atoms with Gasteiger partial charge >= 0.3 is 5.97 Å². The van der Waals surface area contributed by atoms with Gasteiger partial charge in [-0.2, -0.15) is 0 Å². The lowest BCUT2D eigenvalue weighted by atomic mass is 9.81. The SMILES string of the molecule is CCOCCn1c(C2CCN(CC(=O)c3ccccc3C(C)(C)C(=O)O)CC2)nc2ccccc21. The van der Waals surface area contributed by atoms with Gasteiger partial charge < -0.3 is 14.4 Å². The zero-order valence-corrected chi connectivity index (χ0v) is 20.9. The Balaban J connectivity index is 1.45.